The van der Waals surface area contributed by atoms with Crippen molar-refractivity contribution in [3.8, 4) is 0 Å². The predicted molar refractivity (Wildman–Crippen MR) is 64.3 cm³/mol. The van der Waals surface area contributed by atoms with Crippen LogP contribution in [0.3, 0.4) is 0 Å². The number of nitrogens with zero attached hydrogens (tertiary/aromatic N) is 2. The van der Waals surface area contributed by atoms with Gasteiger partial charge in [-0.3, -0.25) is 9.98 Å². The summed E-state index contributed by atoms with van der Waals surface area (Å²) in [5.74, 6) is 0. The zero-order valence-electron chi connectivity index (χ0n) is 9.63. The third-order valence-corrected chi connectivity index (χ3v) is 1.77. The highest BCUT2D eigenvalue weighted by molar-refractivity contribution is 6.32. The van der Waals surface area contributed by atoms with Crippen LogP contribution in [-0.2, 0) is 0 Å². The highest BCUT2D eigenvalue weighted by atomic mass is 14.8. The van der Waals surface area contributed by atoms with E-state index in [0.717, 1.165) is 16.8 Å². The van der Waals surface area contributed by atoms with Crippen LogP contribution in [0.2, 0.25) is 0 Å². The summed E-state index contributed by atoms with van der Waals surface area (Å²) in [5.41, 5.74) is 3.50. The molecule has 0 aliphatic heterocycles. The van der Waals surface area contributed by atoms with E-state index in [4.69, 9.17) is 7.85 Å². The number of pyridine rings is 1. The van der Waals surface area contributed by atoms with Crippen molar-refractivity contribution in [1.82, 2.24) is 4.98 Å². The van der Waals surface area contributed by atoms with E-state index in [1.165, 1.54) is 0 Å². The molecule has 0 saturated heterocycles. The zero-order chi connectivity index (χ0) is 11.1. The van der Waals surface area contributed by atoms with Crippen molar-refractivity contribution in [2.45, 2.75) is 34.6 Å². The van der Waals surface area contributed by atoms with E-state index in [9.17, 15) is 0 Å². The van der Waals surface area contributed by atoms with Crippen LogP contribution >= 0.6 is 0 Å². The first-order valence-electron chi connectivity index (χ1n) is 4.87. The fourth-order valence-electron chi connectivity index (χ4n) is 1.07. The Labute approximate surface area is 87.9 Å². The van der Waals surface area contributed by atoms with Crippen LogP contribution in [0.25, 0.3) is 0 Å². The molecular weight excluding hydrogens is 171 g/mol. The lowest BCUT2D eigenvalue weighted by Crippen LogP contribution is -2.12. The van der Waals surface area contributed by atoms with Crippen LogP contribution in [0, 0.1) is 13.8 Å². The van der Waals surface area contributed by atoms with Gasteiger partial charge in [0.15, 0.2) is 0 Å². The third-order valence-electron chi connectivity index (χ3n) is 1.77. The number of aliphatic imine (C=N–C) groups is 1. The summed E-state index contributed by atoms with van der Waals surface area (Å²) in [4.78, 5) is 8.25. The second kappa shape index (κ2) is 6.36. The summed E-state index contributed by atoms with van der Waals surface area (Å²) in [7, 11) is 5.63. The molecule has 0 saturated carbocycles. The van der Waals surface area contributed by atoms with Crippen molar-refractivity contribution in [2.75, 3.05) is 0 Å². The summed E-state index contributed by atoms with van der Waals surface area (Å²) in [6.07, 6.45) is 3.50. The minimum atomic E-state index is 0.557. The molecule has 2 nitrogen and oxygen atoms in total. The maximum atomic E-state index is 5.63. The lowest BCUT2D eigenvalue weighted by atomic mass is 9.96. The average Bonchev–Trinajstić information content (AvgIpc) is 2.22. The van der Waals surface area contributed by atoms with E-state index in [-0.39, 0.29) is 0 Å². The first-order valence-corrected chi connectivity index (χ1v) is 4.87. The smallest absolute Gasteiger partial charge is 0.142 e. The van der Waals surface area contributed by atoms with E-state index in [0.29, 0.717) is 5.59 Å². The van der Waals surface area contributed by atoms with Crippen LogP contribution in [0.4, 0.5) is 5.69 Å². The van der Waals surface area contributed by atoms with Crippen LogP contribution in [0.1, 0.15) is 31.9 Å². The Morgan fingerprint density at radius 1 is 1.36 bits per heavy atom. The lowest BCUT2D eigenvalue weighted by molar-refractivity contribution is 1.24. The zero-order valence-corrected chi connectivity index (χ0v) is 9.63. The molecule has 1 rings (SSSR count). The number of rotatable bonds is 1. The number of hydrogen-bond acceptors (Lipinski definition) is 2. The van der Waals surface area contributed by atoms with E-state index in [1.54, 1.807) is 12.4 Å². The molecule has 74 valence electrons. The standard InChI is InChI=1S/C9H11BN2.C2H6/c1-4-11-8-6(2)5-12-9(10)7(8)3;1-2/h4-5H,1-3H3;1-2H3. The quantitative estimate of drug-likeness (QED) is 0.490. The second-order valence-corrected chi connectivity index (χ2v) is 2.69. The van der Waals surface area contributed by atoms with Gasteiger partial charge in [-0.2, -0.15) is 0 Å². The Balaban J connectivity index is 0.000000791. The monoisotopic (exact) mass is 188 g/mol. The molecule has 0 aromatic carbocycles. The maximum absolute atomic E-state index is 5.63. The molecule has 0 unspecified atom stereocenters. The van der Waals surface area contributed by atoms with Gasteiger partial charge in [-0.15, -0.1) is 0 Å². The van der Waals surface area contributed by atoms with Crippen molar-refractivity contribution in [3.05, 3.63) is 17.3 Å². The van der Waals surface area contributed by atoms with Crippen molar-refractivity contribution in [3.63, 3.8) is 0 Å². The third kappa shape index (κ3) is 2.98. The van der Waals surface area contributed by atoms with Gasteiger partial charge in [0.05, 0.1) is 5.69 Å². The van der Waals surface area contributed by atoms with Gasteiger partial charge in [-0.05, 0) is 37.5 Å². The van der Waals surface area contributed by atoms with Gasteiger partial charge in [0.25, 0.3) is 0 Å². The summed E-state index contributed by atoms with van der Waals surface area (Å²) >= 11 is 0. The number of aryl methyl sites for hydroxylation is 1. The van der Waals surface area contributed by atoms with Gasteiger partial charge in [-0.25, -0.2) is 0 Å². The van der Waals surface area contributed by atoms with Gasteiger partial charge in [0.1, 0.15) is 7.85 Å². The van der Waals surface area contributed by atoms with Crippen LogP contribution in [0.5, 0.6) is 0 Å². The first-order chi connectivity index (χ1) is 6.66. The highest BCUT2D eigenvalue weighted by Gasteiger charge is 2.02. The highest BCUT2D eigenvalue weighted by Crippen LogP contribution is 2.19. The molecule has 1 aromatic heterocycles. The molecule has 0 atom stereocenters. The second-order valence-electron chi connectivity index (χ2n) is 2.69. The van der Waals surface area contributed by atoms with Gasteiger partial charge >= 0.3 is 0 Å². The summed E-state index contributed by atoms with van der Waals surface area (Å²) in [6.45, 7) is 9.79. The summed E-state index contributed by atoms with van der Waals surface area (Å²) in [5, 5.41) is 0. The molecule has 0 amide bonds. The molecule has 0 aliphatic carbocycles. The van der Waals surface area contributed by atoms with Crippen molar-refractivity contribution < 1.29 is 0 Å². The Morgan fingerprint density at radius 2 is 1.93 bits per heavy atom. The Morgan fingerprint density at radius 3 is 2.43 bits per heavy atom. The fraction of sp³-hybridized carbons (Fsp3) is 0.455. The van der Waals surface area contributed by atoms with Crippen LogP contribution in [-0.4, -0.2) is 19.0 Å². The fourth-order valence-corrected chi connectivity index (χ4v) is 1.07. The maximum Gasteiger partial charge on any atom is 0.142 e. The molecule has 3 heteroatoms. The summed E-state index contributed by atoms with van der Waals surface area (Å²) < 4.78 is 0. The number of aromatic nitrogens is 1. The molecular formula is C11H17BN2. The molecule has 0 N–H and O–H groups in total. The SMILES string of the molecule is CC.[B]c1ncc(C)c(N=CC)c1C. The molecule has 1 heterocycles. The Hall–Kier alpha value is -1.12. The largest absolute Gasteiger partial charge is 0.272 e. The van der Waals surface area contributed by atoms with Gasteiger partial charge in [0.2, 0.25) is 0 Å². The lowest BCUT2D eigenvalue weighted by Gasteiger charge is -2.06. The van der Waals surface area contributed by atoms with Gasteiger partial charge in [0, 0.05) is 12.4 Å². The Kier molecular flexibility index (Phi) is 5.85. The molecule has 0 spiro atoms. The first kappa shape index (κ1) is 12.9. The summed E-state index contributed by atoms with van der Waals surface area (Å²) in [6, 6.07) is 0. The predicted octanol–water partition coefficient (Wildman–Crippen LogP) is 2.24. The van der Waals surface area contributed by atoms with E-state index in [2.05, 4.69) is 9.98 Å². The van der Waals surface area contributed by atoms with Crippen molar-refractivity contribution in [2.24, 2.45) is 4.99 Å². The van der Waals surface area contributed by atoms with Crippen LogP contribution < -0.4 is 5.59 Å². The van der Waals surface area contributed by atoms with Crippen molar-refractivity contribution in [1.29, 1.82) is 0 Å². The average molecular weight is 188 g/mol. The topological polar surface area (TPSA) is 25.2 Å². The van der Waals surface area contributed by atoms with E-state index < -0.39 is 0 Å². The van der Waals surface area contributed by atoms with Gasteiger partial charge in [-0.1, -0.05) is 13.8 Å². The molecule has 0 fully saturated rings. The van der Waals surface area contributed by atoms with Gasteiger partial charge < -0.3 is 0 Å². The van der Waals surface area contributed by atoms with Crippen LogP contribution in [0.15, 0.2) is 11.2 Å². The minimum Gasteiger partial charge on any atom is -0.272 e. The van der Waals surface area contributed by atoms with E-state index >= 15 is 0 Å². The van der Waals surface area contributed by atoms with Crippen molar-refractivity contribution >= 4 is 25.3 Å². The Bertz CT molecular complexity index is 319. The normalized spacial score (nSPS) is 9.79. The molecule has 0 bridgehead atoms. The molecule has 2 radical (unpaired) electrons. The minimum absolute atomic E-state index is 0.557. The van der Waals surface area contributed by atoms with E-state index in [1.807, 2.05) is 34.6 Å². The molecule has 0 aliphatic rings. The number of hydrogen-bond donors (Lipinski definition) is 0. The molecule has 14 heavy (non-hydrogen) atoms. The molecule has 1 aromatic rings.